The molecule has 0 aliphatic heterocycles. The number of rotatable bonds is 8. The summed E-state index contributed by atoms with van der Waals surface area (Å²) in [7, 11) is 0. The Morgan fingerprint density at radius 2 is 0.851 bits per heavy atom. The van der Waals surface area contributed by atoms with Gasteiger partial charge in [0, 0.05) is 57.1 Å². The molecule has 67 heavy (non-hydrogen) atoms. The van der Waals surface area contributed by atoms with Gasteiger partial charge in [0.15, 0.2) is 0 Å². The number of nitrogens with zero attached hydrogens (tertiary/aromatic N) is 1. The standard InChI is InChI=1S/C64H43NS2/c1-3-12-45(13-4-1)53-35-36-60(55-19-8-7-18-54(53)55)65(51-16-5-2-6-17-51)52-31-26-44(27-32-52)49-28-34-58-59-39-48(30-37-62(59)67-64(58)40-49)43-24-22-42(23-25-43)46-14-11-15-47(38-46)50-29-33-57-56-20-9-10-21-61(56)66-63(57)41-50/h1-3,5-12,14-41H,4,13H2. The molecule has 0 atom stereocenters. The molecule has 0 amide bonds. The molecule has 1 aliphatic carbocycles. The summed E-state index contributed by atoms with van der Waals surface area (Å²) >= 11 is 3.75. The zero-order valence-electron chi connectivity index (χ0n) is 36.7. The van der Waals surface area contributed by atoms with Crippen LogP contribution in [0.25, 0.3) is 101 Å². The Bertz CT molecular complexity index is 3910. The summed E-state index contributed by atoms with van der Waals surface area (Å²) in [6, 6.07) is 80.9. The first-order valence-electron chi connectivity index (χ1n) is 23.1. The Morgan fingerprint density at radius 1 is 0.328 bits per heavy atom. The van der Waals surface area contributed by atoms with Crippen LogP contribution in [0, 0.1) is 0 Å². The third kappa shape index (κ3) is 7.16. The fourth-order valence-electron chi connectivity index (χ4n) is 10.2. The van der Waals surface area contributed by atoms with E-state index in [-0.39, 0.29) is 0 Å². The van der Waals surface area contributed by atoms with Gasteiger partial charge in [0.05, 0.1) is 5.69 Å². The van der Waals surface area contributed by atoms with Crippen molar-refractivity contribution >= 4 is 96.4 Å². The van der Waals surface area contributed by atoms with E-state index >= 15 is 0 Å². The Balaban J connectivity index is 0.777. The molecule has 1 aliphatic rings. The maximum Gasteiger partial charge on any atom is 0.0540 e. The molecule has 0 radical (unpaired) electrons. The molecule has 2 heterocycles. The van der Waals surface area contributed by atoms with Gasteiger partial charge in [0.25, 0.3) is 0 Å². The zero-order valence-corrected chi connectivity index (χ0v) is 38.3. The van der Waals surface area contributed by atoms with Gasteiger partial charge in [-0.2, -0.15) is 0 Å². The van der Waals surface area contributed by atoms with Crippen molar-refractivity contribution in [3.8, 4) is 44.5 Å². The minimum absolute atomic E-state index is 1.07. The highest BCUT2D eigenvalue weighted by molar-refractivity contribution is 7.26. The van der Waals surface area contributed by atoms with E-state index in [2.05, 4.69) is 242 Å². The number of hydrogen-bond acceptors (Lipinski definition) is 3. The summed E-state index contributed by atoms with van der Waals surface area (Å²) in [6.45, 7) is 0. The van der Waals surface area contributed by atoms with Crippen molar-refractivity contribution in [2.45, 2.75) is 12.8 Å². The van der Waals surface area contributed by atoms with Crippen molar-refractivity contribution in [1.29, 1.82) is 0 Å². The van der Waals surface area contributed by atoms with Crippen LogP contribution in [0.4, 0.5) is 17.1 Å². The molecular weight excluding hydrogens is 847 g/mol. The fraction of sp³-hybridized carbons (Fsp3) is 0.0312. The first-order valence-corrected chi connectivity index (χ1v) is 24.7. The van der Waals surface area contributed by atoms with Crippen molar-refractivity contribution in [1.82, 2.24) is 0 Å². The molecule has 0 saturated carbocycles. The first-order chi connectivity index (χ1) is 33.2. The SMILES string of the molecule is C1=CCCC(c2ccc(N(c3ccccc3)c3ccc(-c4ccc5c(c4)sc4ccc(-c6ccc(-c7cccc(-c8ccc9c(c8)sc8ccccc89)c7)cc6)cc45)cc3)c3ccccc23)=C1. The number of fused-ring (bicyclic) bond motifs is 7. The highest BCUT2D eigenvalue weighted by Crippen LogP contribution is 2.44. The number of allylic oxidation sites excluding steroid dienone is 4. The average molecular weight is 890 g/mol. The maximum absolute atomic E-state index is 2.40. The van der Waals surface area contributed by atoms with Crippen molar-refractivity contribution in [3.05, 3.63) is 242 Å². The topological polar surface area (TPSA) is 3.24 Å². The predicted octanol–water partition coefficient (Wildman–Crippen LogP) is 19.4. The summed E-state index contributed by atoms with van der Waals surface area (Å²) in [5.74, 6) is 0. The van der Waals surface area contributed by atoms with Crippen LogP contribution in [0.5, 0.6) is 0 Å². The number of para-hydroxylation sites is 1. The minimum atomic E-state index is 1.07. The van der Waals surface area contributed by atoms with E-state index in [4.69, 9.17) is 0 Å². The number of anilines is 3. The van der Waals surface area contributed by atoms with Crippen LogP contribution >= 0.6 is 22.7 Å². The van der Waals surface area contributed by atoms with Crippen molar-refractivity contribution in [2.75, 3.05) is 4.90 Å². The van der Waals surface area contributed by atoms with Crippen LogP contribution < -0.4 is 4.90 Å². The molecule has 0 spiro atoms. The Labute approximate surface area is 398 Å². The molecule has 1 nitrogen and oxygen atoms in total. The maximum atomic E-state index is 2.40. The van der Waals surface area contributed by atoms with Crippen LogP contribution in [0.2, 0.25) is 0 Å². The Morgan fingerprint density at radius 3 is 1.57 bits per heavy atom. The van der Waals surface area contributed by atoms with Crippen LogP contribution in [-0.2, 0) is 0 Å². The average Bonchev–Trinajstić information content (AvgIpc) is 3.97. The molecule has 0 bridgehead atoms. The van der Waals surface area contributed by atoms with Gasteiger partial charge in [0.1, 0.15) is 0 Å². The van der Waals surface area contributed by atoms with E-state index in [1.165, 1.54) is 112 Å². The fourth-order valence-corrected chi connectivity index (χ4v) is 12.4. The van der Waals surface area contributed by atoms with E-state index in [9.17, 15) is 0 Å². The van der Waals surface area contributed by atoms with E-state index in [1.807, 2.05) is 22.7 Å². The smallest absolute Gasteiger partial charge is 0.0540 e. The van der Waals surface area contributed by atoms with Gasteiger partial charge in [-0.1, -0.05) is 170 Å². The number of benzene rings is 10. The number of hydrogen-bond donors (Lipinski definition) is 0. The van der Waals surface area contributed by atoms with E-state index in [1.54, 1.807) is 0 Å². The van der Waals surface area contributed by atoms with Gasteiger partial charge in [0.2, 0.25) is 0 Å². The summed E-state index contributed by atoms with van der Waals surface area (Å²) in [4.78, 5) is 2.40. The summed E-state index contributed by atoms with van der Waals surface area (Å²) in [6.07, 6.45) is 8.88. The molecule has 0 unspecified atom stereocenters. The predicted molar refractivity (Wildman–Crippen MR) is 293 cm³/mol. The Hall–Kier alpha value is -7.82. The van der Waals surface area contributed by atoms with E-state index < -0.39 is 0 Å². The van der Waals surface area contributed by atoms with Gasteiger partial charge in [-0.05, 0) is 141 Å². The quantitative estimate of drug-likeness (QED) is 0.147. The molecule has 10 aromatic carbocycles. The third-order valence-corrected chi connectivity index (χ3v) is 15.8. The zero-order chi connectivity index (χ0) is 44.3. The van der Waals surface area contributed by atoms with Crippen LogP contribution in [0.3, 0.4) is 0 Å². The second kappa shape index (κ2) is 16.6. The monoisotopic (exact) mass is 889 g/mol. The number of thiophene rings is 2. The molecule has 0 saturated heterocycles. The molecular formula is C64H43NS2. The van der Waals surface area contributed by atoms with E-state index in [0.29, 0.717) is 0 Å². The van der Waals surface area contributed by atoms with Gasteiger partial charge in [-0.15, -0.1) is 22.7 Å². The summed E-state index contributed by atoms with van der Waals surface area (Å²) < 4.78 is 5.28. The summed E-state index contributed by atoms with van der Waals surface area (Å²) in [5.41, 5.74) is 16.0. The molecule has 13 rings (SSSR count). The van der Waals surface area contributed by atoms with Crippen molar-refractivity contribution in [3.63, 3.8) is 0 Å². The second-order valence-electron chi connectivity index (χ2n) is 17.5. The van der Waals surface area contributed by atoms with Gasteiger partial charge in [-0.25, -0.2) is 0 Å². The highest BCUT2D eigenvalue weighted by Gasteiger charge is 2.19. The minimum Gasteiger partial charge on any atom is -0.310 e. The van der Waals surface area contributed by atoms with Crippen LogP contribution in [0.15, 0.2) is 237 Å². The van der Waals surface area contributed by atoms with Gasteiger partial charge in [-0.3, -0.25) is 0 Å². The van der Waals surface area contributed by atoms with Gasteiger partial charge < -0.3 is 4.90 Å². The first kappa shape index (κ1) is 39.5. The van der Waals surface area contributed by atoms with Crippen LogP contribution in [0.1, 0.15) is 18.4 Å². The lowest BCUT2D eigenvalue weighted by Crippen LogP contribution is -2.10. The summed E-state index contributed by atoms with van der Waals surface area (Å²) in [5, 5.41) is 7.81. The lowest BCUT2D eigenvalue weighted by atomic mass is 9.92. The van der Waals surface area contributed by atoms with Crippen molar-refractivity contribution in [2.24, 2.45) is 0 Å². The third-order valence-electron chi connectivity index (χ3n) is 13.6. The van der Waals surface area contributed by atoms with Crippen molar-refractivity contribution < 1.29 is 0 Å². The molecule has 0 fully saturated rings. The largest absolute Gasteiger partial charge is 0.310 e. The van der Waals surface area contributed by atoms with E-state index in [0.717, 1.165) is 24.2 Å². The lowest BCUT2D eigenvalue weighted by molar-refractivity contribution is 1.06. The lowest BCUT2D eigenvalue weighted by Gasteiger charge is -2.28. The molecule has 3 heteroatoms. The molecule has 12 aromatic rings. The van der Waals surface area contributed by atoms with Gasteiger partial charge >= 0.3 is 0 Å². The second-order valence-corrected chi connectivity index (χ2v) is 19.7. The Kier molecular flexibility index (Phi) is 9.77. The molecule has 316 valence electrons. The highest BCUT2D eigenvalue weighted by atomic mass is 32.1. The molecule has 0 N–H and O–H groups in total. The van der Waals surface area contributed by atoms with Crippen LogP contribution in [-0.4, -0.2) is 0 Å². The molecule has 2 aromatic heterocycles. The normalized spacial score (nSPS) is 12.7.